The number of benzene rings is 1. The molecule has 2 aromatic rings. The number of rotatable bonds is 8. The van der Waals surface area contributed by atoms with Crippen molar-refractivity contribution in [3.63, 3.8) is 0 Å². The fourth-order valence-electron chi connectivity index (χ4n) is 2.45. The molecular formula is C16H21N5O5S3. The van der Waals surface area contributed by atoms with Crippen LogP contribution in [0.15, 0.2) is 22.5 Å². The largest absolute Gasteiger partial charge is 0.299 e. The van der Waals surface area contributed by atoms with Gasteiger partial charge in [0.1, 0.15) is 6.04 Å². The van der Waals surface area contributed by atoms with Crippen molar-refractivity contribution < 1.29 is 18.1 Å². The van der Waals surface area contributed by atoms with Crippen LogP contribution < -0.4 is 9.62 Å². The van der Waals surface area contributed by atoms with E-state index in [-0.39, 0.29) is 16.5 Å². The normalized spacial score (nSPS) is 12.6. The standard InChI is InChI=1S/C16H21N5O5S3/c1-9(2)27-16-19-18-15(28-16)17-14(22)11(4)20(29(5,25)26)13-8-12(21(23)24)7-6-10(13)3/h6-9,11H,1-5H3,(H,17,18,22)/t11-/m0/s1. The molecule has 29 heavy (non-hydrogen) atoms. The highest BCUT2D eigenvalue weighted by Crippen LogP contribution is 2.31. The maximum Gasteiger partial charge on any atom is 0.271 e. The molecule has 0 bridgehead atoms. The van der Waals surface area contributed by atoms with Crippen LogP contribution in [0.25, 0.3) is 0 Å². The number of carbonyl (C=O) groups excluding carboxylic acids is 1. The number of nitro groups is 1. The van der Waals surface area contributed by atoms with Gasteiger partial charge in [-0.15, -0.1) is 10.2 Å². The van der Waals surface area contributed by atoms with Crippen LogP contribution in [-0.4, -0.2) is 47.0 Å². The second-order valence-corrected chi connectivity index (χ2v) is 11.2. The quantitative estimate of drug-likeness (QED) is 0.275. The number of aromatic nitrogens is 2. The van der Waals surface area contributed by atoms with Crippen LogP contribution in [0, 0.1) is 17.0 Å². The Morgan fingerprint density at radius 1 is 1.31 bits per heavy atom. The molecule has 0 unspecified atom stereocenters. The van der Waals surface area contributed by atoms with Gasteiger partial charge in [0.05, 0.1) is 16.9 Å². The second-order valence-electron chi connectivity index (χ2n) is 6.49. The number of aryl methyl sites for hydroxylation is 1. The predicted octanol–water partition coefficient (Wildman–Crippen LogP) is 3.05. The van der Waals surface area contributed by atoms with Gasteiger partial charge in [-0.25, -0.2) is 8.42 Å². The van der Waals surface area contributed by atoms with E-state index in [1.165, 1.54) is 42.2 Å². The Morgan fingerprint density at radius 3 is 2.52 bits per heavy atom. The summed E-state index contributed by atoms with van der Waals surface area (Å²) in [5.74, 6) is -0.626. The van der Waals surface area contributed by atoms with Gasteiger partial charge in [-0.05, 0) is 19.4 Å². The monoisotopic (exact) mass is 459 g/mol. The molecule has 0 fully saturated rings. The molecule has 2 rings (SSSR count). The van der Waals surface area contributed by atoms with Gasteiger partial charge in [0, 0.05) is 17.4 Å². The summed E-state index contributed by atoms with van der Waals surface area (Å²) in [6, 6.07) is 2.69. The third kappa shape index (κ3) is 5.87. The molecule has 1 atom stereocenters. The van der Waals surface area contributed by atoms with E-state index >= 15 is 0 Å². The summed E-state index contributed by atoms with van der Waals surface area (Å²) in [5.41, 5.74) is 0.274. The number of amides is 1. The summed E-state index contributed by atoms with van der Waals surface area (Å²) < 4.78 is 26.4. The van der Waals surface area contributed by atoms with E-state index in [1.54, 1.807) is 6.92 Å². The number of anilines is 2. The molecule has 1 aromatic carbocycles. The predicted molar refractivity (Wildman–Crippen MR) is 114 cm³/mol. The zero-order valence-corrected chi connectivity index (χ0v) is 18.9. The molecule has 10 nitrogen and oxygen atoms in total. The second kappa shape index (κ2) is 9.05. The maximum atomic E-state index is 12.7. The molecule has 0 aliphatic rings. The fourth-order valence-corrected chi connectivity index (χ4v) is 5.65. The molecular weight excluding hydrogens is 438 g/mol. The first-order valence-electron chi connectivity index (χ1n) is 8.45. The van der Waals surface area contributed by atoms with E-state index in [0.717, 1.165) is 16.6 Å². The summed E-state index contributed by atoms with van der Waals surface area (Å²) in [5, 5.41) is 22.1. The molecule has 0 saturated carbocycles. The van der Waals surface area contributed by atoms with E-state index in [0.29, 0.717) is 15.2 Å². The SMILES string of the molecule is Cc1ccc([N+](=O)[O-])cc1N([C@@H](C)C(=O)Nc1nnc(SC(C)C)s1)S(C)(=O)=O. The van der Waals surface area contributed by atoms with Crippen molar-refractivity contribution in [1.29, 1.82) is 0 Å². The Morgan fingerprint density at radius 2 is 1.97 bits per heavy atom. The third-order valence-electron chi connectivity index (χ3n) is 3.70. The Labute approximate surface area is 176 Å². The summed E-state index contributed by atoms with van der Waals surface area (Å²) in [6.45, 7) is 7.01. The molecule has 0 radical (unpaired) electrons. The fraction of sp³-hybridized carbons (Fsp3) is 0.438. The van der Waals surface area contributed by atoms with E-state index < -0.39 is 26.9 Å². The number of carbonyl (C=O) groups is 1. The molecule has 0 aliphatic heterocycles. The van der Waals surface area contributed by atoms with Gasteiger partial charge < -0.3 is 0 Å². The highest BCUT2D eigenvalue weighted by atomic mass is 32.2. The average Bonchev–Trinajstić information content (AvgIpc) is 3.01. The first-order chi connectivity index (χ1) is 13.4. The molecule has 0 aliphatic carbocycles. The lowest BCUT2D eigenvalue weighted by Crippen LogP contribution is -2.45. The van der Waals surface area contributed by atoms with Crippen LogP contribution >= 0.6 is 23.1 Å². The lowest BCUT2D eigenvalue weighted by molar-refractivity contribution is -0.384. The number of nitrogens with one attached hydrogen (secondary N) is 1. The Kier molecular flexibility index (Phi) is 7.19. The van der Waals surface area contributed by atoms with E-state index in [1.807, 2.05) is 13.8 Å². The van der Waals surface area contributed by atoms with Crippen molar-refractivity contribution in [1.82, 2.24) is 10.2 Å². The smallest absolute Gasteiger partial charge is 0.271 e. The minimum Gasteiger partial charge on any atom is -0.299 e. The zero-order chi connectivity index (χ0) is 21.9. The summed E-state index contributed by atoms with van der Waals surface area (Å²) in [6.07, 6.45) is 0.942. The van der Waals surface area contributed by atoms with Gasteiger partial charge in [0.15, 0.2) is 4.34 Å². The minimum absolute atomic E-state index is 0.0673. The molecule has 1 heterocycles. The van der Waals surface area contributed by atoms with Crippen molar-refractivity contribution in [3.8, 4) is 0 Å². The maximum absolute atomic E-state index is 12.7. The molecule has 1 N–H and O–H groups in total. The summed E-state index contributed by atoms with van der Waals surface area (Å²) >= 11 is 2.67. The Bertz CT molecular complexity index is 1020. The van der Waals surface area contributed by atoms with E-state index in [9.17, 15) is 23.3 Å². The number of nitro benzene ring substituents is 1. The van der Waals surface area contributed by atoms with Crippen LogP contribution in [0.3, 0.4) is 0 Å². The average molecular weight is 460 g/mol. The van der Waals surface area contributed by atoms with E-state index in [2.05, 4.69) is 15.5 Å². The van der Waals surface area contributed by atoms with Crippen LogP contribution in [-0.2, 0) is 14.8 Å². The number of hydrogen-bond donors (Lipinski definition) is 1. The summed E-state index contributed by atoms with van der Waals surface area (Å²) in [4.78, 5) is 23.2. The van der Waals surface area contributed by atoms with Gasteiger partial charge in [0.2, 0.25) is 21.1 Å². The number of non-ortho nitro benzene ring substituents is 1. The van der Waals surface area contributed by atoms with Crippen molar-refractivity contribution in [2.24, 2.45) is 0 Å². The molecule has 158 valence electrons. The number of thioether (sulfide) groups is 1. The minimum atomic E-state index is -3.92. The number of hydrogen-bond acceptors (Lipinski definition) is 9. The molecule has 1 amide bonds. The third-order valence-corrected chi connectivity index (χ3v) is 6.86. The topological polar surface area (TPSA) is 135 Å². The van der Waals surface area contributed by atoms with Crippen LogP contribution in [0.1, 0.15) is 26.3 Å². The van der Waals surface area contributed by atoms with Crippen LogP contribution in [0.2, 0.25) is 0 Å². The van der Waals surface area contributed by atoms with Crippen molar-refractivity contribution in [2.75, 3.05) is 15.9 Å². The number of nitrogens with zero attached hydrogens (tertiary/aromatic N) is 4. The lowest BCUT2D eigenvalue weighted by Gasteiger charge is -2.29. The van der Waals surface area contributed by atoms with Gasteiger partial charge in [-0.3, -0.25) is 24.5 Å². The van der Waals surface area contributed by atoms with Gasteiger partial charge in [-0.2, -0.15) is 0 Å². The molecule has 0 spiro atoms. The van der Waals surface area contributed by atoms with Crippen LogP contribution in [0.4, 0.5) is 16.5 Å². The Hall–Kier alpha value is -2.25. The van der Waals surface area contributed by atoms with Gasteiger partial charge in [-0.1, -0.05) is 43.0 Å². The zero-order valence-electron chi connectivity index (χ0n) is 16.4. The van der Waals surface area contributed by atoms with Gasteiger partial charge >= 0.3 is 0 Å². The first-order valence-corrected chi connectivity index (χ1v) is 12.0. The Balaban J connectivity index is 2.34. The number of sulfonamides is 1. The summed E-state index contributed by atoms with van der Waals surface area (Å²) in [7, 11) is -3.92. The highest BCUT2D eigenvalue weighted by molar-refractivity contribution is 8.01. The van der Waals surface area contributed by atoms with Crippen molar-refractivity contribution >= 4 is 55.5 Å². The first kappa shape index (κ1) is 23.0. The molecule has 1 aromatic heterocycles. The van der Waals surface area contributed by atoms with Crippen LogP contribution in [0.5, 0.6) is 0 Å². The van der Waals surface area contributed by atoms with Crippen molar-refractivity contribution in [3.05, 3.63) is 33.9 Å². The van der Waals surface area contributed by atoms with Gasteiger partial charge in [0.25, 0.3) is 5.69 Å². The molecule has 0 saturated heterocycles. The highest BCUT2D eigenvalue weighted by Gasteiger charge is 2.31. The lowest BCUT2D eigenvalue weighted by atomic mass is 10.1. The van der Waals surface area contributed by atoms with Crippen molar-refractivity contribution in [2.45, 2.75) is 43.3 Å². The molecule has 13 heteroatoms. The van der Waals surface area contributed by atoms with E-state index in [4.69, 9.17) is 0 Å².